The van der Waals surface area contributed by atoms with Crippen molar-refractivity contribution in [3.05, 3.63) is 23.8 Å². The summed E-state index contributed by atoms with van der Waals surface area (Å²) in [5, 5.41) is 12.1. The van der Waals surface area contributed by atoms with E-state index >= 15 is 0 Å². The van der Waals surface area contributed by atoms with Crippen LogP contribution >= 0.6 is 11.8 Å². The molecule has 3 rings (SSSR count). The van der Waals surface area contributed by atoms with E-state index in [1.165, 1.54) is 5.56 Å². The molecule has 2 aliphatic heterocycles. The van der Waals surface area contributed by atoms with Gasteiger partial charge in [0.25, 0.3) is 0 Å². The van der Waals surface area contributed by atoms with Crippen LogP contribution in [0, 0.1) is 0 Å². The molecule has 6 nitrogen and oxygen atoms in total. The smallest absolute Gasteiger partial charge is 0.323 e. The second-order valence-corrected chi connectivity index (χ2v) is 7.24. The van der Waals surface area contributed by atoms with Gasteiger partial charge < -0.3 is 21.1 Å². The zero-order valence-electron chi connectivity index (χ0n) is 12.9. The van der Waals surface area contributed by atoms with Gasteiger partial charge in [0.2, 0.25) is 5.91 Å². The van der Waals surface area contributed by atoms with Crippen LogP contribution in [0.3, 0.4) is 0 Å². The number of benzene rings is 1. The second kappa shape index (κ2) is 6.51. The SMILES string of the molecule is NC1(C(=O)O)CCN(CCc2ccc3c(c2)NC(=O)CS3)CC1. The molecule has 0 bridgehead atoms. The largest absolute Gasteiger partial charge is 0.480 e. The summed E-state index contributed by atoms with van der Waals surface area (Å²) in [7, 11) is 0. The fourth-order valence-electron chi connectivity index (χ4n) is 2.96. The predicted molar refractivity (Wildman–Crippen MR) is 89.7 cm³/mol. The van der Waals surface area contributed by atoms with Gasteiger partial charge in [-0.1, -0.05) is 6.07 Å². The first-order valence-corrected chi connectivity index (χ1v) is 8.75. The summed E-state index contributed by atoms with van der Waals surface area (Å²) in [4.78, 5) is 26.0. The molecule has 1 saturated heterocycles. The number of anilines is 1. The number of nitrogens with zero attached hydrogens (tertiary/aromatic N) is 1. The van der Waals surface area contributed by atoms with Crippen molar-refractivity contribution in [2.75, 3.05) is 30.7 Å². The number of fused-ring (bicyclic) bond motifs is 1. The molecular formula is C16H21N3O3S. The number of nitrogens with two attached hydrogens (primary N) is 1. The fraction of sp³-hybridized carbons (Fsp3) is 0.500. The van der Waals surface area contributed by atoms with Crippen molar-refractivity contribution >= 4 is 29.3 Å². The highest BCUT2D eigenvalue weighted by atomic mass is 32.2. The molecule has 1 aromatic carbocycles. The van der Waals surface area contributed by atoms with E-state index in [2.05, 4.69) is 22.3 Å². The lowest BCUT2D eigenvalue weighted by atomic mass is 9.89. The number of amides is 1. The molecule has 0 atom stereocenters. The number of carbonyl (C=O) groups is 2. The predicted octanol–water partition coefficient (Wildman–Crippen LogP) is 1.15. The number of piperidine rings is 1. The Morgan fingerprint density at radius 2 is 2.13 bits per heavy atom. The van der Waals surface area contributed by atoms with E-state index in [4.69, 9.17) is 10.8 Å². The lowest BCUT2D eigenvalue weighted by Crippen LogP contribution is -2.55. The second-order valence-electron chi connectivity index (χ2n) is 6.22. The van der Waals surface area contributed by atoms with E-state index in [1.54, 1.807) is 11.8 Å². The number of carboxylic acid groups (broad SMARTS) is 1. The number of carboxylic acids is 1. The highest BCUT2D eigenvalue weighted by Gasteiger charge is 2.37. The number of likely N-dealkylation sites (tertiary alicyclic amines) is 1. The number of thioether (sulfide) groups is 1. The van der Waals surface area contributed by atoms with Gasteiger partial charge in [-0.3, -0.25) is 9.59 Å². The number of carbonyl (C=O) groups excluding carboxylic acids is 1. The normalized spacial score (nSPS) is 20.7. The summed E-state index contributed by atoms with van der Waals surface area (Å²) < 4.78 is 0. The molecular weight excluding hydrogens is 314 g/mol. The number of hydrogen-bond donors (Lipinski definition) is 3. The first-order chi connectivity index (χ1) is 11.0. The van der Waals surface area contributed by atoms with Crippen LogP contribution < -0.4 is 11.1 Å². The Balaban J connectivity index is 1.55. The third-order valence-corrected chi connectivity index (χ3v) is 5.64. The van der Waals surface area contributed by atoms with Crippen molar-refractivity contribution in [1.29, 1.82) is 0 Å². The van der Waals surface area contributed by atoms with Crippen molar-refractivity contribution < 1.29 is 14.7 Å². The molecule has 7 heteroatoms. The van der Waals surface area contributed by atoms with Crippen LogP contribution in [0.25, 0.3) is 0 Å². The Morgan fingerprint density at radius 3 is 2.83 bits per heavy atom. The van der Waals surface area contributed by atoms with E-state index in [-0.39, 0.29) is 5.91 Å². The summed E-state index contributed by atoms with van der Waals surface area (Å²) in [6, 6.07) is 6.19. The zero-order valence-corrected chi connectivity index (χ0v) is 13.7. The third kappa shape index (κ3) is 3.68. The monoisotopic (exact) mass is 335 g/mol. The molecule has 1 aromatic rings. The molecule has 0 unspecified atom stereocenters. The Kier molecular flexibility index (Phi) is 4.61. The molecule has 2 heterocycles. The lowest BCUT2D eigenvalue weighted by Gasteiger charge is -2.36. The molecule has 124 valence electrons. The molecule has 0 radical (unpaired) electrons. The van der Waals surface area contributed by atoms with Crippen LogP contribution in [0.2, 0.25) is 0 Å². The minimum Gasteiger partial charge on any atom is -0.480 e. The van der Waals surface area contributed by atoms with Gasteiger partial charge in [-0.2, -0.15) is 0 Å². The van der Waals surface area contributed by atoms with Crippen molar-refractivity contribution in [3.8, 4) is 0 Å². The maximum atomic E-state index is 11.5. The Morgan fingerprint density at radius 1 is 1.39 bits per heavy atom. The molecule has 4 N–H and O–H groups in total. The van der Waals surface area contributed by atoms with E-state index in [0.29, 0.717) is 31.7 Å². The lowest BCUT2D eigenvalue weighted by molar-refractivity contribution is -0.145. The molecule has 0 aliphatic carbocycles. The summed E-state index contributed by atoms with van der Waals surface area (Å²) in [5.41, 5.74) is 6.90. The molecule has 2 aliphatic rings. The number of aliphatic carboxylic acids is 1. The van der Waals surface area contributed by atoms with Crippen LogP contribution in [0.15, 0.2) is 23.1 Å². The highest BCUT2D eigenvalue weighted by Crippen LogP contribution is 2.32. The van der Waals surface area contributed by atoms with E-state index in [9.17, 15) is 9.59 Å². The Hall–Kier alpha value is -1.57. The van der Waals surface area contributed by atoms with Gasteiger partial charge in [0, 0.05) is 24.5 Å². The topological polar surface area (TPSA) is 95.7 Å². The summed E-state index contributed by atoms with van der Waals surface area (Å²) in [6.45, 7) is 2.29. The summed E-state index contributed by atoms with van der Waals surface area (Å²) in [5.74, 6) is -0.381. The van der Waals surface area contributed by atoms with Crippen LogP contribution in [-0.2, 0) is 16.0 Å². The van der Waals surface area contributed by atoms with Gasteiger partial charge >= 0.3 is 5.97 Å². The average molecular weight is 335 g/mol. The summed E-state index contributed by atoms with van der Waals surface area (Å²) in [6.07, 6.45) is 1.84. The first kappa shape index (κ1) is 16.3. The molecule has 0 saturated carbocycles. The zero-order chi connectivity index (χ0) is 16.4. The number of rotatable bonds is 4. The van der Waals surface area contributed by atoms with Crippen molar-refractivity contribution in [2.45, 2.75) is 29.7 Å². The Labute approximate surface area is 139 Å². The fourth-order valence-corrected chi connectivity index (χ4v) is 3.75. The van der Waals surface area contributed by atoms with Crippen molar-refractivity contribution in [3.63, 3.8) is 0 Å². The van der Waals surface area contributed by atoms with Crippen LogP contribution in [0.1, 0.15) is 18.4 Å². The van der Waals surface area contributed by atoms with Crippen LogP contribution in [-0.4, -0.2) is 52.8 Å². The summed E-state index contributed by atoms with van der Waals surface area (Å²) >= 11 is 1.56. The first-order valence-electron chi connectivity index (χ1n) is 7.76. The van der Waals surface area contributed by atoms with Crippen LogP contribution in [0.5, 0.6) is 0 Å². The van der Waals surface area contributed by atoms with E-state index in [1.807, 2.05) is 6.07 Å². The molecule has 0 aromatic heterocycles. The Bertz CT molecular complexity index is 627. The maximum absolute atomic E-state index is 11.5. The molecule has 1 fully saturated rings. The van der Waals surface area contributed by atoms with Gasteiger partial charge in [-0.25, -0.2) is 0 Å². The van der Waals surface area contributed by atoms with E-state index in [0.717, 1.165) is 23.5 Å². The van der Waals surface area contributed by atoms with E-state index < -0.39 is 11.5 Å². The van der Waals surface area contributed by atoms with Gasteiger partial charge in [0.15, 0.2) is 0 Å². The number of nitrogens with one attached hydrogen (secondary N) is 1. The standard InChI is InChI=1S/C16H21N3O3S/c17-16(15(21)22)4-7-19(8-5-16)6-3-11-1-2-13-12(9-11)18-14(20)10-23-13/h1-2,9H,3-8,10,17H2,(H,18,20)(H,21,22). The van der Waals surface area contributed by atoms with Crippen molar-refractivity contribution in [1.82, 2.24) is 4.90 Å². The quantitative estimate of drug-likeness (QED) is 0.764. The van der Waals surface area contributed by atoms with Gasteiger partial charge in [-0.05, 0) is 37.0 Å². The van der Waals surface area contributed by atoms with Gasteiger partial charge in [0.05, 0.1) is 11.4 Å². The highest BCUT2D eigenvalue weighted by molar-refractivity contribution is 8.00. The van der Waals surface area contributed by atoms with Crippen molar-refractivity contribution in [2.24, 2.45) is 5.73 Å². The van der Waals surface area contributed by atoms with Gasteiger partial charge in [0.1, 0.15) is 5.54 Å². The average Bonchev–Trinajstić information content (AvgIpc) is 2.54. The van der Waals surface area contributed by atoms with Gasteiger partial charge in [-0.15, -0.1) is 11.8 Å². The number of hydrogen-bond acceptors (Lipinski definition) is 5. The minimum absolute atomic E-state index is 0.0450. The molecule has 0 spiro atoms. The molecule has 23 heavy (non-hydrogen) atoms. The third-order valence-electron chi connectivity index (χ3n) is 4.57. The minimum atomic E-state index is -1.07. The molecule has 1 amide bonds. The maximum Gasteiger partial charge on any atom is 0.323 e. The van der Waals surface area contributed by atoms with Crippen LogP contribution in [0.4, 0.5) is 5.69 Å².